The van der Waals surface area contributed by atoms with Gasteiger partial charge in [0.25, 0.3) is 0 Å². The average Bonchev–Trinajstić information content (AvgIpc) is 2.49. The summed E-state index contributed by atoms with van der Waals surface area (Å²) in [5, 5.41) is 3.93. The molecule has 0 aliphatic carbocycles. The minimum Gasteiger partial charge on any atom is -0.339 e. The van der Waals surface area contributed by atoms with Gasteiger partial charge < -0.3 is 10.2 Å². The standard InChI is InChI=1S/C17H23ClN2O/c1-13-5-6-14(10-16(13)18)7-8-17(21)20-9-3-4-15(12-20)11-19-2/h5-8,10,15,19H,3-4,9,11-12H2,1-2H3. The molecule has 114 valence electrons. The summed E-state index contributed by atoms with van der Waals surface area (Å²) < 4.78 is 0. The molecule has 1 unspecified atom stereocenters. The predicted octanol–water partition coefficient (Wildman–Crippen LogP) is 3.12. The minimum absolute atomic E-state index is 0.0903. The molecule has 21 heavy (non-hydrogen) atoms. The van der Waals surface area contributed by atoms with Crippen molar-refractivity contribution in [2.24, 2.45) is 5.92 Å². The van der Waals surface area contributed by atoms with E-state index in [0.717, 1.165) is 42.2 Å². The molecule has 1 aliphatic heterocycles. The Morgan fingerprint density at radius 3 is 3.05 bits per heavy atom. The summed E-state index contributed by atoms with van der Waals surface area (Å²) in [4.78, 5) is 14.2. The lowest BCUT2D eigenvalue weighted by Crippen LogP contribution is -2.41. The fraction of sp³-hybridized carbons (Fsp3) is 0.471. The number of rotatable bonds is 4. The summed E-state index contributed by atoms with van der Waals surface area (Å²) in [6, 6.07) is 5.84. The van der Waals surface area contributed by atoms with Gasteiger partial charge in [0.05, 0.1) is 0 Å². The number of nitrogens with one attached hydrogen (secondary N) is 1. The van der Waals surface area contributed by atoms with Crippen molar-refractivity contribution in [3.63, 3.8) is 0 Å². The Morgan fingerprint density at radius 2 is 2.33 bits per heavy atom. The molecule has 1 fully saturated rings. The quantitative estimate of drug-likeness (QED) is 0.867. The molecule has 3 nitrogen and oxygen atoms in total. The highest BCUT2D eigenvalue weighted by molar-refractivity contribution is 6.31. The second-order valence-electron chi connectivity index (χ2n) is 5.69. The number of carbonyl (C=O) groups is 1. The molecule has 1 amide bonds. The number of amides is 1. The fourth-order valence-electron chi connectivity index (χ4n) is 2.71. The van der Waals surface area contributed by atoms with Crippen LogP contribution >= 0.6 is 11.6 Å². The zero-order valence-electron chi connectivity index (χ0n) is 12.7. The molecule has 1 heterocycles. The van der Waals surface area contributed by atoms with Crippen LogP contribution in [0.2, 0.25) is 5.02 Å². The Labute approximate surface area is 132 Å². The largest absolute Gasteiger partial charge is 0.339 e. The monoisotopic (exact) mass is 306 g/mol. The van der Waals surface area contributed by atoms with Crippen molar-refractivity contribution in [1.29, 1.82) is 0 Å². The van der Waals surface area contributed by atoms with E-state index in [9.17, 15) is 4.79 Å². The van der Waals surface area contributed by atoms with E-state index in [4.69, 9.17) is 11.6 Å². The molecule has 1 aromatic carbocycles. The van der Waals surface area contributed by atoms with Crippen LogP contribution in [0.15, 0.2) is 24.3 Å². The molecule has 1 aromatic rings. The number of hydrogen-bond donors (Lipinski definition) is 1. The highest BCUT2D eigenvalue weighted by Crippen LogP contribution is 2.19. The van der Waals surface area contributed by atoms with Gasteiger partial charge in [0.15, 0.2) is 0 Å². The van der Waals surface area contributed by atoms with Crippen LogP contribution in [-0.4, -0.2) is 37.5 Å². The highest BCUT2D eigenvalue weighted by atomic mass is 35.5. The van der Waals surface area contributed by atoms with Gasteiger partial charge in [-0.2, -0.15) is 0 Å². The summed E-state index contributed by atoms with van der Waals surface area (Å²) in [6.07, 6.45) is 5.78. The topological polar surface area (TPSA) is 32.3 Å². The molecule has 1 atom stereocenters. The molecule has 0 saturated carbocycles. The molecule has 0 bridgehead atoms. The molecule has 4 heteroatoms. The summed E-state index contributed by atoms with van der Waals surface area (Å²) >= 11 is 6.10. The third-order valence-corrected chi connectivity index (χ3v) is 4.34. The van der Waals surface area contributed by atoms with E-state index in [-0.39, 0.29) is 5.91 Å². The highest BCUT2D eigenvalue weighted by Gasteiger charge is 2.21. The van der Waals surface area contributed by atoms with Gasteiger partial charge in [-0.1, -0.05) is 23.7 Å². The summed E-state index contributed by atoms with van der Waals surface area (Å²) in [7, 11) is 1.96. The van der Waals surface area contributed by atoms with Crippen molar-refractivity contribution in [3.8, 4) is 0 Å². The maximum Gasteiger partial charge on any atom is 0.246 e. The Balaban J connectivity index is 1.96. The molecule has 1 aliphatic rings. The molecular weight excluding hydrogens is 284 g/mol. The van der Waals surface area contributed by atoms with Crippen molar-refractivity contribution < 1.29 is 4.79 Å². The third-order valence-electron chi connectivity index (χ3n) is 3.94. The van der Waals surface area contributed by atoms with Crippen molar-refractivity contribution in [2.45, 2.75) is 19.8 Å². The zero-order chi connectivity index (χ0) is 15.2. The van der Waals surface area contributed by atoms with Crippen LogP contribution in [0.1, 0.15) is 24.0 Å². The van der Waals surface area contributed by atoms with Gasteiger partial charge in [0.2, 0.25) is 5.91 Å². The van der Waals surface area contributed by atoms with Crippen LogP contribution in [-0.2, 0) is 4.79 Å². The molecular formula is C17H23ClN2O. The smallest absolute Gasteiger partial charge is 0.246 e. The van der Waals surface area contributed by atoms with Crippen molar-refractivity contribution in [2.75, 3.05) is 26.7 Å². The number of halogens is 1. The second kappa shape index (κ2) is 7.62. The first-order chi connectivity index (χ1) is 10.1. The Bertz CT molecular complexity index is 526. The summed E-state index contributed by atoms with van der Waals surface area (Å²) in [5.74, 6) is 0.655. The van der Waals surface area contributed by atoms with Crippen LogP contribution in [0.5, 0.6) is 0 Å². The third kappa shape index (κ3) is 4.58. The molecule has 2 rings (SSSR count). The number of aryl methyl sites for hydroxylation is 1. The minimum atomic E-state index is 0.0903. The van der Waals surface area contributed by atoms with Crippen LogP contribution in [0, 0.1) is 12.8 Å². The molecule has 0 spiro atoms. The van der Waals surface area contributed by atoms with Crippen LogP contribution in [0.3, 0.4) is 0 Å². The van der Waals surface area contributed by atoms with Gasteiger partial charge in [-0.3, -0.25) is 4.79 Å². The number of carbonyl (C=O) groups excluding carboxylic acids is 1. The SMILES string of the molecule is CNCC1CCCN(C(=O)C=Cc2ccc(C)c(Cl)c2)C1. The van der Waals surface area contributed by atoms with Crippen molar-refractivity contribution in [1.82, 2.24) is 10.2 Å². The van der Waals surface area contributed by atoms with Gasteiger partial charge in [-0.15, -0.1) is 0 Å². The number of nitrogens with zero attached hydrogens (tertiary/aromatic N) is 1. The Hall–Kier alpha value is -1.32. The Morgan fingerprint density at radius 1 is 1.52 bits per heavy atom. The van der Waals surface area contributed by atoms with Gasteiger partial charge >= 0.3 is 0 Å². The maximum absolute atomic E-state index is 12.3. The van der Waals surface area contributed by atoms with Crippen LogP contribution < -0.4 is 5.32 Å². The van der Waals surface area contributed by atoms with Crippen LogP contribution in [0.25, 0.3) is 6.08 Å². The van der Waals surface area contributed by atoms with Crippen molar-refractivity contribution in [3.05, 3.63) is 40.4 Å². The number of piperidine rings is 1. The number of benzene rings is 1. The first-order valence-corrected chi connectivity index (χ1v) is 7.85. The number of likely N-dealkylation sites (tertiary alicyclic amines) is 1. The lowest BCUT2D eigenvalue weighted by molar-refractivity contribution is -0.127. The van der Waals surface area contributed by atoms with Crippen molar-refractivity contribution >= 4 is 23.6 Å². The van der Waals surface area contributed by atoms with Gasteiger partial charge in [-0.25, -0.2) is 0 Å². The predicted molar refractivity (Wildman–Crippen MR) is 88.5 cm³/mol. The fourth-order valence-corrected chi connectivity index (χ4v) is 2.90. The first-order valence-electron chi connectivity index (χ1n) is 7.48. The second-order valence-corrected chi connectivity index (χ2v) is 6.10. The Kier molecular flexibility index (Phi) is 5.83. The van der Waals surface area contributed by atoms with E-state index in [1.165, 1.54) is 6.42 Å². The molecule has 0 radical (unpaired) electrons. The lowest BCUT2D eigenvalue weighted by Gasteiger charge is -2.32. The number of hydrogen-bond acceptors (Lipinski definition) is 2. The first kappa shape index (κ1) is 16.1. The van der Waals surface area contributed by atoms with E-state index < -0.39 is 0 Å². The zero-order valence-corrected chi connectivity index (χ0v) is 13.5. The lowest BCUT2D eigenvalue weighted by atomic mass is 9.98. The summed E-state index contributed by atoms with van der Waals surface area (Å²) in [5.41, 5.74) is 2.01. The van der Waals surface area contributed by atoms with E-state index in [1.54, 1.807) is 6.08 Å². The average molecular weight is 307 g/mol. The van der Waals surface area contributed by atoms with Crippen LogP contribution in [0.4, 0.5) is 0 Å². The van der Waals surface area contributed by atoms with Gasteiger partial charge in [-0.05, 0) is 62.5 Å². The maximum atomic E-state index is 12.3. The van der Waals surface area contributed by atoms with E-state index in [2.05, 4.69) is 5.32 Å². The van der Waals surface area contributed by atoms with E-state index >= 15 is 0 Å². The van der Waals surface area contributed by atoms with Gasteiger partial charge in [0, 0.05) is 24.2 Å². The molecule has 0 aromatic heterocycles. The normalized spacial score (nSPS) is 19.2. The van der Waals surface area contributed by atoms with Gasteiger partial charge in [0.1, 0.15) is 0 Å². The molecule has 1 N–H and O–H groups in total. The van der Waals surface area contributed by atoms with E-state index in [0.29, 0.717) is 5.92 Å². The molecule has 1 saturated heterocycles. The summed E-state index contributed by atoms with van der Waals surface area (Å²) in [6.45, 7) is 4.65. The van der Waals surface area contributed by atoms with E-state index in [1.807, 2.05) is 43.1 Å².